The molecule has 0 aliphatic rings. The molecule has 2 rings (SSSR count). The van der Waals surface area contributed by atoms with Gasteiger partial charge in [0, 0.05) is 10.4 Å². The predicted molar refractivity (Wildman–Crippen MR) is 78.0 cm³/mol. The molecule has 0 aliphatic heterocycles. The fourth-order valence-corrected chi connectivity index (χ4v) is 2.84. The van der Waals surface area contributed by atoms with Gasteiger partial charge in [0.1, 0.15) is 5.75 Å². The van der Waals surface area contributed by atoms with Gasteiger partial charge in [0.2, 0.25) is 0 Å². The molecule has 1 heterocycles. The summed E-state index contributed by atoms with van der Waals surface area (Å²) in [6.45, 7) is 2.60. The predicted octanol–water partition coefficient (Wildman–Crippen LogP) is 3.60. The van der Waals surface area contributed by atoms with Gasteiger partial charge in [-0.3, -0.25) is 4.79 Å². The second-order valence-electron chi connectivity index (χ2n) is 4.07. The largest absolute Gasteiger partial charge is 0.506 e. The number of rotatable bonds is 4. The highest BCUT2D eigenvalue weighted by atomic mass is 35.5. The van der Waals surface area contributed by atoms with Gasteiger partial charge in [-0.25, -0.2) is 0 Å². The highest BCUT2D eigenvalue weighted by Crippen LogP contribution is 2.23. The molecule has 5 heteroatoms. The second-order valence-corrected chi connectivity index (χ2v) is 5.48. The fraction of sp³-hybridized carbons (Fsp3) is 0.214. The van der Waals surface area contributed by atoms with Crippen LogP contribution in [0.5, 0.6) is 5.75 Å². The Labute approximate surface area is 120 Å². The van der Waals surface area contributed by atoms with E-state index in [1.165, 1.54) is 22.6 Å². The molecule has 1 aromatic carbocycles. The van der Waals surface area contributed by atoms with E-state index in [1.54, 1.807) is 17.4 Å². The molecule has 0 spiro atoms. The molecule has 2 N–H and O–H groups in total. The summed E-state index contributed by atoms with van der Waals surface area (Å²) >= 11 is 7.41. The van der Waals surface area contributed by atoms with Gasteiger partial charge in [0.25, 0.3) is 5.91 Å². The summed E-state index contributed by atoms with van der Waals surface area (Å²) in [7, 11) is 0. The third-order valence-corrected chi connectivity index (χ3v) is 4.10. The van der Waals surface area contributed by atoms with E-state index in [0.29, 0.717) is 12.1 Å². The summed E-state index contributed by atoms with van der Waals surface area (Å²) < 4.78 is 0. The van der Waals surface area contributed by atoms with E-state index in [4.69, 9.17) is 11.6 Å². The average molecular weight is 296 g/mol. The third-order valence-electron chi connectivity index (χ3n) is 2.84. The first-order valence-electron chi connectivity index (χ1n) is 5.93. The molecule has 0 saturated heterocycles. The van der Waals surface area contributed by atoms with Crippen LogP contribution in [0.25, 0.3) is 0 Å². The normalized spacial score (nSPS) is 10.4. The zero-order valence-corrected chi connectivity index (χ0v) is 12.0. The lowest BCUT2D eigenvalue weighted by atomic mass is 10.2. The summed E-state index contributed by atoms with van der Waals surface area (Å²) in [5.74, 6) is -0.220. The Morgan fingerprint density at radius 2 is 2.21 bits per heavy atom. The summed E-state index contributed by atoms with van der Waals surface area (Å²) in [4.78, 5) is 13.1. The molecule has 3 nitrogen and oxygen atoms in total. The van der Waals surface area contributed by atoms with E-state index >= 15 is 0 Å². The minimum Gasteiger partial charge on any atom is -0.506 e. The highest BCUT2D eigenvalue weighted by molar-refractivity contribution is 7.10. The van der Waals surface area contributed by atoms with Gasteiger partial charge in [-0.15, -0.1) is 11.3 Å². The first-order chi connectivity index (χ1) is 9.11. The first-order valence-corrected chi connectivity index (χ1v) is 7.19. The maximum atomic E-state index is 12.0. The van der Waals surface area contributed by atoms with E-state index in [9.17, 15) is 9.90 Å². The van der Waals surface area contributed by atoms with Crippen LogP contribution in [0.3, 0.4) is 0 Å². The van der Waals surface area contributed by atoms with E-state index in [2.05, 4.69) is 18.3 Å². The van der Waals surface area contributed by atoms with Crippen LogP contribution in [0.15, 0.2) is 29.6 Å². The Balaban J connectivity index is 2.03. The van der Waals surface area contributed by atoms with Gasteiger partial charge < -0.3 is 10.4 Å². The van der Waals surface area contributed by atoms with Gasteiger partial charge in [-0.1, -0.05) is 18.5 Å². The maximum Gasteiger partial charge on any atom is 0.251 e. The van der Waals surface area contributed by atoms with Crippen molar-refractivity contribution in [3.05, 3.63) is 50.7 Å². The van der Waals surface area contributed by atoms with Crippen molar-refractivity contribution in [2.45, 2.75) is 19.9 Å². The lowest BCUT2D eigenvalue weighted by Gasteiger charge is -2.06. The minimum absolute atomic E-state index is 0.0234. The number of hydrogen-bond acceptors (Lipinski definition) is 3. The lowest BCUT2D eigenvalue weighted by Crippen LogP contribution is -2.22. The maximum absolute atomic E-state index is 12.0. The van der Waals surface area contributed by atoms with Crippen molar-refractivity contribution in [2.75, 3.05) is 0 Å². The van der Waals surface area contributed by atoms with Gasteiger partial charge >= 0.3 is 0 Å². The van der Waals surface area contributed by atoms with Gasteiger partial charge in [-0.2, -0.15) is 0 Å². The molecule has 1 amide bonds. The van der Waals surface area contributed by atoms with Crippen LogP contribution in [0.2, 0.25) is 5.02 Å². The molecule has 2 aromatic rings. The molecule has 0 saturated carbocycles. The molecule has 0 radical (unpaired) electrons. The monoisotopic (exact) mass is 295 g/mol. The minimum atomic E-state index is -0.197. The number of halogens is 1. The Morgan fingerprint density at radius 1 is 1.42 bits per heavy atom. The third kappa shape index (κ3) is 3.28. The zero-order chi connectivity index (χ0) is 13.8. The van der Waals surface area contributed by atoms with Gasteiger partial charge in [0.15, 0.2) is 0 Å². The summed E-state index contributed by atoms with van der Waals surface area (Å²) in [5.41, 5.74) is 1.70. The van der Waals surface area contributed by atoms with Crippen LogP contribution in [0, 0.1) is 0 Å². The second kappa shape index (κ2) is 6.08. The molecule has 0 fully saturated rings. The van der Waals surface area contributed by atoms with Gasteiger partial charge in [-0.05, 0) is 41.6 Å². The molecular weight excluding hydrogens is 282 g/mol. The van der Waals surface area contributed by atoms with E-state index < -0.39 is 0 Å². The molecule has 0 atom stereocenters. The fourth-order valence-electron chi connectivity index (χ4n) is 1.75. The number of hydrogen-bond donors (Lipinski definition) is 2. The molecule has 19 heavy (non-hydrogen) atoms. The SMILES string of the molecule is CCc1ccsc1CNC(=O)c1ccc(O)c(Cl)c1. The van der Waals surface area contributed by atoms with Crippen LogP contribution >= 0.6 is 22.9 Å². The van der Waals surface area contributed by atoms with Crippen molar-refractivity contribution in [3.63, 3.8) is 0 Å². The number of aryl methyl sites for hydroxylation is 1. The Hall–Kier alpha value is -1.52. The Bertz CT molecular complexity index is 595. The number of nitrogens with one attached hydrogen (secondary N) is 1. The van der Waals surface area contributed by atoms with E-state index in [0.717, 1.165) is 6.42 Å². The van der Waals surface area contributed by atoms with Crippen LogP contribution < -0.4 is 5.32 Å². The molecular formula is C14H14ClNO2S. The number of carbonyl (C=O) groups excluding carboxylic acids is 1. The van der Waals surface area contributed by atoms with Crippen LogP contribution in [-0.4, -0.2) is 11.0 Å². The van der Waals surface area contributed by atoms with Crippen LogP contribution in [-0.2, 0) is 13.0 Å². The highest BCUT2D eigenvalue weighted by Gasteiger charge is 2.09. The van der Waals surface area contributed by atoms with Crippen molar-refractivity contribution in [1.82, 2.24) is 5.32 Å². The number of phenolic OH excluding ortho intramolecular Hbond substituents is 1. The van der Waals surface area contributed by atoms with E-state index in [1.807, 2.05) is 5.38 Å². The smallest absolute Gasteiger partial charge is 0.251 e. The number of thiophene rings is 1. The molecule has 0 unspecified atom stereocenters. The van der Waals surface area contributed by atoms with Gasteiger partial charge in [0.05, 0.1) is 11.6 Å². The Morgan fingerprint density at radius 3 is 2.89 bits per heavy atom. The first kappa shape index (κ1) is 13.9. The standard InChI is InChI=1S/C14H14ClNO2S/c1-2-9-5-6-19-13(9)8-16-14(18)10-3-4-12(17)11(15)7-10/h3-7,17H,2,8H2,1H3,(H,16,18). The van der Waals surface area contributed by atoms with E-state index in [-0.39, 0.29) is 16.7 Å². The number of phenols is 1. The number of benzene rings is 1. The summed E-state index contributed by atoms with van der Waals surface area (Å²) in [6.07, 6.45) is 0.958. The molecule has 100 valence electrons. The van der Waals surface area contributed by atoms with Crippen molar-refractivity contribution < 1.29 is 9.90 Å². The zero-order valence-electron chi connectivity index (χ0n) is 10.4. The average Bonchev–Trinajstić information content (AvgIpc) is 2.86. The number of carbonyl (C=O) groups is 1. The number of aromatic hydroxyl groups is 1. The molecule has 0 aliphatic carbocycles. The Kier molecular flexibility index (Phi) is 4.45. The summed E-state index contributed by atoms with van der Waals surface area (Å²) in [5, 5.41) is 14.4. The topological polar surface area (TPSA) is 49.3 Å². The lowest BCUT2D eigenvalue weighted by molar-refractivity contribution is 0.0951. The number of amides is 1. The summed E-state index contributed by atoms with van der Waals surface area (Å²) in [6, 6.07) is 6.50. The molecule has 1 aromatic heterocycles. The quantitative estimate of drug-likeness (QED) is 0.905. The van der Waals surface area contributed by atoms with Crippen LogP contribution in [0.4, 0.5) is 0 Å². The molecule has 0 bridgehead atoms. The van der Waals surface area contributed by atoms with Crippen molar-refractivity contribution in [1.29, 1.82) is 0 Å². The van der Waals surface area contributed by atoms with Crippen LogP contribution in [0.1, 0.15) is 27.7 Å². The van der Waals surface area contributed by atoms with Crippen molar-refractivity contribution >= 4 is 28.8 Å². The van der Waals surface area contributed by atoms with Crippen molar-refractivity contribution in [3.8, 4) is 5.75 Å². The van der Waals surface area contributed by atoms with Crippen molar-refractivity contribution in [2.24, 2.45) is 0 Å².